The standard InChI is InChI=1S/C20H26O2/c1-3-20(22)11-9-18-17-6-4-13-12-14(21)5-7-15(13)16(17)8-10-19(18,20)2/h1,12,15-18,22H,4-11H2,2H3/t15?,16-,17-,18+,19+,20+/m1/s1. The molecule has 0 aliphatic heterocycles. The van der Waals surface area contributed by atoms with Gasteiger partial charge in [0, 0.05) is 11.8 Å². The first-order valence-electron chi connectivity index (χ1n) is 8.92. The Morgan fingerprint density at radius 1 is 1.18 bits per heavy atom. The molecule has 4 aliphatic rings. The van der Waals surface area contributed by atoms with Gasteiger partial charge in [-0.15, -0.1) is 6.42 Å². The molecule has 4 rings (SSSR count). The van der Waals surface area contributed by atoms with E-state index >= 15 is 0 Å². The molecule has 0 aromatic carbocycles. The summed E-state index contributed by atoms with van der Waals surface area (Å²) < 4.78 is 0. The first kappa shape index (κ1) is 14.5. The molecule has 6 atom stereocenters. The minimum Gasteiger partial charge on any atom is -0.377 e. The summed E-state index contributed by atoms with van der Waals surface area (Å²) in [6.45, 7) is 2.23. The lowest BCUT2D eigenvalue weighted by atomic mass is 9.50. The first-order chi connectivity index (χ1) is 10.5. The van der Waals surface area contributed by atoms with Crippen molar-refractivity contribution in [3.63, 3.8) is 0 Å². The fourth-order valence-electron chi connectivity index (χ4n) is 6.43. The van der Waals surface area contributed by atoms with Gasteiger partial charge in [-0.1, -0.05) is 18.4 Å². The van der Waals surface area contributed by atoms with Gasteiger partial charge in [-0.3, -0.25) is 4.79 Å². The lowest BCUT2D eigenvalue weighted by Gasteiger charge is -2.54. The Bertz CT molecular complexity index is 583. The van der Waals surface area contributed by atoms with Crippen LogP contribution in [0.3, 0.4) is 0 Å². The van der Waals surface area contributed by atoms with Gasteiger partial charge in [-0.2, -0.15) is 0 Å². The molecule has 22 heavy (non-hydrogen) atoms. The molecule has 0 spiro atoms. The van der Waals surface area contributed by atoms with Gasteiger partial charge in [0.05, 0.1) is 0 Å². The second kappa shape index (κ2) is 4.71. The van der Waals surface area contributed by atoms with Crippen LogP contribution in [0.4, 0.5) is 0 Å². The molecule has 2 heteroatoms. The number of ketones is 1. The van der Waals surface area contributed by atoms with Gasteiger partial charge in [0.2, 0.25) is 0 Å². The molecule has 0 aromatic heterocycles. The fraction of sp³-hybridized carbons (Fsp3) is 0.750. The summed E-state index contributed by atoms with van der Waals surface area (Å²) in [5, 5.41) is 10.9. The molecule has 4 aliphatic carbocycles. The van der Waals surface area contributed by atoms with Gasteiger partial charge < -0.3 is 5.11 Å². The molecule has 118 valence electrons. The minimum absolute atomic E-state index is 0.103. The van der Waals surface area contributed by atoms with E-state index < -0.39 is 5.60 Å². The summed E-state index contributed by atoms with van der Waals surface area (Å²) in [6.07, 6.45) is 15.7. The minimum atomic E-state index is -0.902. The van der Waals surface area contributed by atoms with Crippen LogP contribution in [0.5, 0.6) is 0 Å². The highest BCUT2D eigenvalue weighted by Gasteiger charge is 2.61. The van der Waals surface area contributed by atoms with E-state index in [-0.39, 0.29) is 5.41 Å². The number of allylic oxidation sites excluding steroid dienone is 1. The van der Waals surface area contributed by atoms with E-state index in [1.807, 2.05) is 6.08 Å². The van der Waals surface area contributed by atoms with Crippen molar-refractivity contribution in [2.75, 3.05) is 0 Å². The molecule has 0 amide bonds. The second-order valence-corrected chi connectivity index (χ2v) is 8.30. The number of rotatable bonds is 0. The number of carbonyl (C=O) groups is 1. The van der Waals surface area contributed by atoms with E-state index in [4.69, 9.17) is 6.42 Å². The number of hydrogen-bond acceptors (Lipinski definition) is 2. The van der Waals surface area contributed by atoms with Crippen LogP contribution in [0.15, 0.2) is 11.6 Å². The van der Waals surface area contributed by atoms with Gasteiger partial charge >= 0.3 is 0 Å². The molecule has 0 aromatic rings. The highest BCUT2D eigenvalue weighted by molar-refractivity contribution is 5.91. The van der Waals surface area contributed by atoms with Crippen molar-refractivity contribution in [2.45, 2.75) is 63.9 Å². The van der Waals surface area contributed by atoms with E-state index in [9.17, 15) is 9.90 Å². The Balaban J connectivity index is 1.65. The zero-order valence-corrected chi connectivity index (χ0v) is 13.5. The third-order valence-corrected chi connectivity index (χ3v) is 7.69. The van der Waals surface area contributed by atoms with Crippen LogP contribution < -0.4 is 0 Å². The quantitative estimate of drug-likeness (QED) is 0.695. The largest absolute Gasteiger partial charge is 0.377 e. The summed E-state index contributed by atoms with van der Waals surface area (Å²) in [5.41, 5.74) is 0.418. The van der Waals surface area contributed by atoms with Gasteiger partial charge in [-0.05, 0) is 74.7 Å². The second-order valence-electron chi connectivity index (χ2n) is 8.30. The zero-order valence-electron chi connectivity index (χ0n) is 13.5. The Morgan fingerprint density at radius 3 is 2.77 bits per heavy atom. The molecule has 3 fully saturated rings. The van der Waals surface area contributed by atoms with Crippen LogP contribution in [-0.4, -0.2) is 16.5 Å². The van der Waals surface area contributed by atoms with Crippen molar-refractivity contribution >= 4 is 5.78 Å². The van der Waals surface area contributed by atoms with Crippen molar-refractivity contribution in [1.82, 2.24) is 0 Å². The zero-order chi connectivity index (χ0) is 15.5. The Labute approximate surface area is 133 Å². The molecular formula is C20H26O2. The molecule has 1 N–H and O–H groups in total. The first-order valence-corrected chi connectivity index (χ1v) is 8.92. The van der Waals surface area contributed by atoms with Crippen LogP contribution in [0, 0.1) is 41.4 Å². The number of aliphatic hydroxyl groups is 1. The number of hydrogen-bond donors (Lipinski definition) is 1. The molecule has 0 heterocycles. The van der Waals surface area contributed by atoms with E-state index in [0.717, 1.165) is 44.9 Å². The fourth-order valence-corrected chi connectivity index (χ4v) is 6.43. The summed E-state index contributed by atoms with van der Waals surface area (Å²) in [5.74, 6) is 5.66. The summed E-state index contributed by atoms with van der Waals surface area (Å²) >= 11 is 0. The van der Waals surface area contributed by atoms with E-state index in [1.165, 1.54) is 12.0 Å². The topological polar surface area (TPSA) is 37.3 Å². The molecular weight excluding hydrogens is 272 g/mol. The molecule has 0 bridgehead atoms. The molecule has 1 unspecified atom stereocenters. The predicted molar refractivity (Wildman–Crippen MR) is 85.9 cm³/mol. The average Bonchev–Trinajstić information content (AvgIpc) is 2.79. The Hall–Kier alpha value is -1.07. The molecule has 3 saturated carbocycles. The van der Waals surface area contributed by atoms with Gasteiger partial charge in [0.1, 0.15) is 5.60 Å². The number of fused-ring (bicyclic) bond motifs is 5. The van der Waals surface area contributed by atoms with Crippen molar-refractivity contribution < 1.29 is 9.90 Å². The third-order valence-electron chi connectivity index (χ3n) is 7.69. The molecule has 0 radical (unpaired) electrons. The lowest BCUT2D eigenvalue weighted by molar-refractivity contribution is -0.116. The molecule has 2 nitrogen and oxygen atoms in total. The Morgan fingerprint density at radius 2 is 2.00 bits per heavy atom. The maximum Gasteiger partial charge on any atom is 0.155 e. The number of carbonyl (C=O) groups excluding carboxylic acids is 1. The maximum atomic E-state index is 11.7. The van der Waals surface area contributed by atoms with Gasteiger partial charge in [-0.25, -0.2) is 0 Å². The van der Waals surface area contributed by atoms with Crippen molar-refractivity contribution in [2.24, 2.45) is 29.1 Å². The van der Waals surface area contributed by atoms with Crippen molar-refractivity contribution in [3.8, 4) is 12.3 Å². The lowest BCUT2D eigenvalue weighted by Crippen LogP contribution is -2.52. The summed E-state index contributed by atoms with van der Waals surface area (Å²) in [4.78, 5) is 11.7. The van der Waals surface area contributed by atoms with E-state index in [1.54, 1.807) is 0 Å². The monoisotopic (exact) mass is 298 g/mol. The SMILES string of the molecule is C#C[C@]1(O)CC[C@H]2[C@@H]3CCC4=CC(=O)CCC4[C@H]3CC[C@@]21C. The van der Waals surface area contributed by atoms with Crippen LogP contribution >= 0.6 is 0 Å². The smallest absolute Gasteiger partial charge is 0.155 e. The van der Waals surface area contributed by atoms with Crippen LogP contribution in [0.1, 0.15) is 58.3 Å². The van der Waals surface area contributed by atoms with E-state index in [2.05, 4.69) is 12.8 Å². The van der Waals surface area contributed by atoms with Crippen LogP contribution in [0.25, 0.3) is 0 Å². The highest BCUT2D eigenvalue weighted by Crippen LogP contribution is 2.64. The van der Waals surface area contributed by atoms with Gasteiger partial charge in [0.15, 0.2) is 5.78 Å². The van der Waals surface area contributed by atoms with Gasteiger partial charge in [0.25, 0.3) is 0 Å². The number of terminal acetylenes is 1. The average molecular weight is 298 g/mol. The third kappa shape index (κ3) is 1.75. The van der Waals surface area contributed by atoms with Crippen molar-refractivity contribution in [3.05, 3.63) is 11.6 Å². The highest BCUT2D eigenvalue weighted by atomic mass is 16.3. The maximum absolute atomic E-state index is 11.7. The van der Waals surface area contributed by atoms with Crippen LogP contribution in [-0.2, 0) is 4.79 Å². The normalized spacial score (nSPS) is 50.4. The van der Waals surface area contributed by atoms with Crippen molar-refractivity contribution in [1.29, 1.82) is 0 Å². The Kier molecular flexibility index (Phi) is 3.11. The summed E-state index contributed by atoms with van der Waals surface area (Å²) in [6, 6.07) is 0. The van der Waals surface area contributed by atoms with Crippen LogP contribution in [0.2, 0.25) is 0 Å². The predicted octanol–water partition coefficient (Wildman–Crippen LogP) is 3.49. The summed E-state index contributed by atoms with van der Waals surface area (Å²) in [7, 11) is 0. The van der Waals surface area contributed by atoms with E-state index in [0.29, 0.717) is 29.5 Å². The molecule has 0 saturated heterocycles.